The van der Waals surface area contributed by atoms with Gasteiger partial charge in [-0.3, -0.25) is 4.79 Å². The molecule has 1 aliphatic rings. The van der Waals surface area contributed by atoms with Crippen LogP contribution in [0.2, 0.25) is 0 Å². The first-order chi connectivity index (χ1) is 7.73. The molecule has 5 heteroatoms. The Balaban J connectivity index is 2.39. The van der Waals surface area contributed by atoms with Crippen molar-refractivity contribution >= 4 is 12.6 Å². The molecule has 0 amide bonds. The zero-order chi connectivity index (χ0) is 12.8. The van der Waals surface area contributed by atoms with Gasteiger partial charge in [-0.2, -0.15) is 0 Å². The molecule has 1 saturated heterocycles. The topological polar surface area (TPSA) is 40.5 Å². The Kier molecular flexibility index (Phi) is 2.71. The minimum absolute atomic E-state index is 0.0541. The third-order valence-corrected chi connectivity index (χ3v) is 3.60. The lowest BCUT2D eigenvalue weighted by Crippen LogP contribution is -2.44. The Labute approximate surface area is 102 Å². The first-order valence-electron chi connectivity index (χ1n) is 5.75. The number of nitrogens with zero attached hydrogens (tertiary/aromatic N) is 1. The van der Waals surface area contributed by atoms with E-state index in [-0.39, 0.29) is 5.43 Å². The van der Waals surface area contributed by atoms with Gasteiger partial charge in [0, 0.05) is 31.0 Å². The number of pyridine rings is 1. The van der Waals surface area contributed by atoms with Crippen molar-refractivity contribution in [2.75, 3.05) is 0 Å². The molecular formula is C12H18BNO3. The van der Waals surface area contributed by atoms with Gasteiger partial charge in [0.1, 0.15) is 0 Å². The highest BCUT2D eigenvalue weighted by molar-refractivity contribution is 6.61. The molecule has 1 aromatic rings. The van der Waals surface area contributed by atoms with Crippen LogP contribution >= 0.6 is 0 Å². The summed E-state index contributed by atoms with van der Waals surface area (Å²) < 4.78 is 13.5. The maximum absolute atomic E-state index is 11.8. The Morgan fingerprint density at radius 2 is 1.71 bits per heavy atom. The van der Waals surface area contributed by atoms with Crippen molar-refractivity contribution in [3.05, 3.63) is 28.7 Å². The lowest BCUT2D eigenvalue weighted by Gasteiger charge is -2.32. The minimum atomic E-state index is -0.583. The molecule has 0 aliphatic carbocycles. The summed E-state index contributed by atoms with van der Waals surface area (Å²) >= 11 is 0. The molecule has 0 saturated carbocycles. The Bertz CT molecular complexity index is 477. The fourth-order valence-corrected chi connectivity index (χ4v) is 1.75. The van der Waals surface area contributed by atoms with Gasteiger partial charge < -0.3 is 13.9 Å². The highest BCUT2D eigenvalue weighted by Crippen LogP contribution is 2.36. The van der Waals surface area contributed by atoms with Crippen LogP contribution in [0.15, 0.2) is 23.3 Å². The number of hydrogen-bond acceptors (Lipinski definition) is 3. The average molecular weight is 235 g/mol. The lowest BCUT2D eigenvalue weighted by molar-refractivity contribution is 0.00578. The first-order valence-corrected chi connectivity index (χ1v) is 5.75. The van der Waals surface area contributed by atoms with Gasteiger partial charge in [-0.15, -0.1) is 0 Å². The largest absolute Gasteiger partial charge is 0.500 e. The molecule has 0 bridgehead atoms. The van der Waals surface area contributed by atoms with Gasteiger partial charge in [-0.1, -0.05) is 0 Å². The molecule has 2 rings (SSSR count). The van der Waals surface area contributed by atoms with E-state index in [1.165, 1.54) is 6.07 Å². The van der Waals surface area contributed by atoms with Gasteiger partial charge in [0.2, 0.25) is 0 Å². The molecule has 92 valence electrons. The summed E-state index contributed by atoms with van der Waals surface area (Å²) in [4.78, 5) is 11.8. The molecule has 0 radical (unpaired) electrons. The summed E-state index contributed by atoms with van der Waals surface area (Å²) in [6.07, 6.45) is 3.47. The quantitative estimate of drug-likeness (QED) is 0.672. The third kappa shape index (κ3) is 2.05. The van der Waals surface area contributed by atoms with E-state index in [0.717, 1.165) is 0 Å². The van der Waals surface area contributed by atoms with Gasteiger partial charge in [0.05, 0.1) is 11.2 Å². The maximum Gasteiger partial charge on any atom is 0.500 e. The lowest BCUT2D eigenvalue weighted by atomic mass is 9.80. The van der Waals surface area contributed by atoms with Gasteiger partial charge in [0.15, 0.2) is 5.43 Å². The molecule has 1 aliphatic heterocycles. The fraction of sp³-hybridized carbons (Fsp3) is 0.583. The van der Waals surface area contributed by atoms with Crippen molar-refractivity contribution in [1.82, 2.24) is 4.57 Å². The Morgan fingerprint density at radius 1 is 1.18 bits per heavy atom. The molecule has 2 heterocycles. The van der Waals surface area contributed by atoms with Crippen molar-refractivity contribution in [2.24, 2.45) is 7.05 Å². The van der Waals surface area contributed by atoms with Crippen molar-refractivity contribution in [3.8, 4) is 0 Å². The van der Waals surface area contributed by atoms with Crippen molar-refractivity contribution < 1.29 is 9.31 Å². The molecule has 17 heavy (non-hydrogen) atoms. The van der Waals surface area contributed by atoms with Gasteiger partial charge >= 0.3 is 7.12 Å². The normalized spacial score (nSPS) is 21.8. The Morgan fingerprint density at radius 3 is 2.24 bits per heavy atom. The summed E-state index contributed by atoms with van der Waals surface area (Å²) in [5.41, 5.74) is -0.341. The number of rotatable bonds is 1. The van der Waals surface area contributed by atoms with E-state index in [4.69, 9.17) is 9.31 Å². The zero-order valence-electron chi connectivity index (χ0n) is 11.0. The maximum atomic E-state index is 11.8. The first kappa shape index (κ1) is 12.4. The van der Waals surface area contributed by atoms with E-state index in [9.17, 15) is 4.79 Å². The van der Waals surface area contributed by atoms with Crippen LogP contribution in [0.4, 0.5) is 0 Å². The third-order valence-electron chi connectivity index (χ3n) is 3.60. The van der Waals surface area contributed by atoms with Crippen molar-refractivity contribution in [3.63, 3.8) is 0 Å². The van der Waals surface area contributed by atoms with Crippen LogP contribution < -0.4 is 10.9 Å². The molecule has 1 fully saturated rings. The molecule has 0 unspecified atom stereocenters. The van der Waals surface area contributed by atoms with E-state index < -0.39 is 18.3 Å². The smallest absolute Gasteiger partial charge is 0.399 e. The molecule has 0 spiro atoms. The number of hydrogen-bond donors (Lipinski definition) is 0. The zero-order valence-corrected chi connectivity index (χ0v) is 11.0. The van der Waals surface area contributed by atoms with E-state index >= 15 is 0 Å². The van der Waals surface area contributed by atoms with Gasteiger partial charge in [-0.05, 0) is 27.7 Å². The standard InChI is InChI=1S/C12H18BNO3/c1-11(2)12(3,4)17-13(16-11)9-8-14(5)7-6-10(9)15/h6-8H,1-5H3. The van der Waals surface area contributed by atoms with Gasteiger partial charge in [-0.25, -0.2) is 0 Å². The second kappa shape index (κ2) is 3.72. The molecule has 0 N–H and O–H groups in total. The number of aromatic nitrogens is 1. The van der Waals surface area contributed by atoms with Crippen LogP contribution in [0.3, 0.4) is 0 Å². The molecular weight excluding hydrogens is 217 g/mol. The van der Waals surface area contributed by atoms with E-state index in [0.29, 0.717) is 5.46 Å². The van der Waals surface area contributed by atoms with Crippen LogP contribution in [0.5, 0.6) is 0 Å². The molecule has 0 aromatic carbocycles. The fourth-order valence-electron chi connectivity index (χ4n) is 1.75. The summed E-state index contributed by atoms with van der Waals surface area (Å²) in [6, 6.07) is 1.53. The predicted octanol–water partition coefficient (Wildman–Crippen LogP) is 0.684. The second-order valence-electron chi connectivity index (χ2n) is 5.52. The van der Waals surface area contributed by atoms with Crippen LogP contribution in [0.1, 0.15) is 27.7 Å². The van der Waals surface area contributed by atoms with Crippen LogP contribution in [-0.4, -0.2) is 22.9 Å². The highest BCUT2D eigenvalue weighted by atomic mass is 16.7. The van der Waals surface area contributed by atoms with Crippen LogP contribution in [0.25, 0.3) is 0 Å². The summed E-state index contributed by atoms with van der Waals surface area (Å²) in [6.45, 7) is 7.89. The van der Waals surface area contributed by atoms with Crippen molar-refractivity contribution in [2.45, 2.75) is 38.9 Å². The average Bonchev–Trinajstić information content (AvgIpc) is 2.40. The SMILES string of the molecule is Cn1ccc(=O)c(B2OC(C)(C)C(C)(C)O2)c1. The predicted molar refractivity (Wildman–Crippen MR) is 67.4 cm³/mol. The van der Waals surface area contributed by atoms with Crippen LogP contribution in [0, 0.1) is 0 Å². The minimum Gasteiger partial charge on any atom is -0.399 e. The summed E-state index contributed by atoms with van der Waals surface area (Å²) in [7, 11) is 1.29. The monoisotopic (exact) mass is 235 g/mol. The Hall–Kier alpha value is -1.07. The molecule has 1 aromatic heterocycles. The van der Waals surface area contributed by atoms with Crippen molar-refractivity contribution in [1.29, 1.82) is 0 Å². The molecule has 0 atom stereocenters. The second-order valence-corrected chi connectivity index (χ2v) is 5.52. The number of aryl methyl sites for hydroxylation is 1. The van der Waals surface area contributed by atoms with E-state index in [2.05, 4.69) is 0 Å². The molecule has 4 nitrogen and oxygen atoms in total. The van der Waals surface area contributed by atoms with E-state index in [1.807, 2.05) is 39.3 Å². The summed E-state index contributed by atoms with van der Waals surface area (Å²) in [5, 5.41) is 0. The highest BCUT2D eigenvalue weighted by Gasteiger charge is 2.52. The summed E-state index contributed by atoms with van der Waals surface area (Å²) in [5.74, 6) is 0. The van der Waals surface area contributed by atoms with Crippen LogP contribution in [-0.2, 0) is 16.4 Å². The van der Waals surface area contributed by atoms with Gasteiger partial charge in [0.25, 0.3) is 0 Å². The van der Waals surface area contributed by atoms with E-state index in [1.54, 1.807) is 12.4 Å².